The Morgan fingerprint density at radius 1 is 1.47 bits per heavy atom. The first-order valence-electron chi connectivity index (χ1n) is 6.23. The maximum Gasteiger partial charge on any atom is 0.257 e. The molecule has 0 aliphatic carbocycles. The molecule has 0 spiro atoms. The molecule has 2 rings (SSSR count). The Labute approximate surface area is 110 Å². The minimum atomic E-state index is -0.815. The summed E-state index contributed by atoms with van der Waals surface area (Å²) in [6.45, 7) is 1.22. The molecule has 1 heterocycles. The van der Waals surface area contributed by atoms with Crippen molar-refractivity contribution in [2.45, 2.75) is 18.9 Å². The third kappa shape index (κ3) is 4.17. The molecule has 1 amide bonds. The number of amides is 1. The summed E-state index contributed by atoms with van der Waals surface area (Å²) in [6, 6.07) is 3.26. The summed E-state index contributed by atoms with van der Waals surface area (Å²) in [5.41, 5.74) is 0. The number of ether oxygens (including phenoxy) is 1. The summed E-state index contributed by atoms with van der Waals surface area (Å²) in [5, 5.41) is 5.95. The van der Waals surface area contributed by atoms with E-state index in [0.29, 0.717) is 12.6 Å². The van der Waals surface area contributed by atoms with Crippen LogP contribution in [0.5, 0.6) is 5.75 Å². The molecule has 19 heavy (non-hydrogen) atoms. The van der Waals surface area contributed by atoms with Crippen molar-refractivity contribution in [3.05, 3.63) is 29.8 Å². The number of hydrogen-bond acceptors (Lipinski definition) is 3. The molecule has 1 aromatic rings. The van der Waals surface area contributed by atoms with Crippen molar-refractivity contribution in [2.75, 3.05) is 19.7 Å². The van der Waals surface area contributed by atoms with Gasteiger partial charge in [-0.3, -0.25) is 4.79 Å². The molecule has 6 heteroatoms. The highest BCUT2D eigenvalue weighted by Crippen LogP contribution is 2.17. The first-order valence-corrected chi connectivity index (χ1v) is 6.23. The second-order valence-electron chi connectivity index (χ2n) is 4.46. The van der Waals surface area contributed by atoms with Crippen molar-refractivity contribution in [2.24, 2.45) is 0 Å². The third-order valence-electron chi connectivity index (χ3n) is 2.96. The minimum absolute atomic E-state index is 0.129. The van der Waals surface area contributed by atoms with Crippen LogP contribution in [-0.2, 0) is 4.79 Å². The van der Waals surface area contributed by atoms with E-state index >= 15 is 0 Å². The molecule has 1 unspecified atom stereocenters. The van der Waals surface area contributed by atoms with E-state index in [0.717, 1.165) is 37.6 Å². The van der Waals surface area contributed by atoms with Crippen LogP contribution >= 0.6 is 0 Å². The average Bonchev–Trinajstić information content (AvgIpc) is 2.88. The number of carbonyl (C=O) groups excluding carboxylic acids is 1. The minimum Gasteiger partial charge on any atom is -0.481 e. The molecule has 0 radical (unpaired) electrons. The largest absolute Gasteiger partial charge is 0.481 e. The van der Waals surface area contributed by atoms with Crippen LogP contribution in [0.15, 0.2) is 18.2 Å². The van der Waals surface area contributed by atoms with Gasteiger partial charge in [0.05, 0.1) is 0 Å². The number of benzene rings is 1. The molecule has 1 aliphatic rings. The molecule has 1 fully saturated rings. The van der Waals surface area contributed by atoms with Gasteiger partial charge in [-0.05, 0) is 31.5 Å². The smallest absolute Gasteiger partial charge is 0.257 e. The van der Waals surface area contributed by atoms with Gasteiger partial charge in [0.1, 0.15) is 5.82 Å². The van der Waals surface area contributed by atoms with E-state index in [-0.39, 0.29) is 18.3 Å². The summed E-state index contributed by atoms with van der Waals surface area (Å²) in [6.07, 6.45) is 2.14. The summed E-state index contributed by atoms with van der Waals surface area (Å²) in [7, 11) is 0. The lowest BCUT2D eigenvalue weighted by atomic mass is 10.2. The summed E-state index contributed by atoms with van der Waals surface area (Å²) < 4.78 is 30.9. The Bertz CT molecular complexity index is 448. The van der Waals surface area contributed by atoms with Gasteiger partial charge in [-0.1, -0.05) is 0 Å². The van der Waals surface area contributed by atoms with E-state index in [1.807, 2.05) is 0 Å². The van der Waals surface area contributed by atoms with Crippen LogP contribution in [0.3, 0.4) is 0 Å². The first-order chi connectivity index (χ1) is 9.15. The summed E-state index contributed by atoms with van der Waals surface area (Å²) in [5.74, 6) is -1.94. The van der Waals surface area contributed by atoms with Gasteiger partial charge in [-0.25, -0.2) is 8.78 Å². The van der Waals surface area contributed by atoms with Gasteiger partial charge in [0.15, 0.2) is 18.2 Å². The molecule has 1 saturated heterocycles. The molecular weight excluding hydrogens is 254 g/mol. The first kappa shape index (κ1) is 13.7. The maximum absolute atomic E-state index is 13.2. The maximum atomic E-state index is 13.2. The lowest BCUT2D eigenvalue weighted by Crippen LogP contribution is -2.39. The molecular formula is C13H16F2N2O2. The van der Waals surface area contributed by atoms with Crippen LogP contribution in [0.4, 0.5) is 8.78 Å². The normalized spacial score (nSPS) is 18.3. The van der Waals surface area contributed by atoms with E-state index in [2.05, 4.69) is 10.6 Å². The van der Waals surface area contributed by atoms with Crippen LogP contribution in [-0.4, -0.2) is 31.6 Å². The number of hydrogen-bond donors (Lipinski definition) is 2. The van der Waals surface area contributed by atoms with Crippen LogP contribution in [0.2, 0.25) is 0 Å². The summed E-state index contributed by atoms with van der Waals surface area (Å²) in [4.78, 5) is 11.5. The average molecular weight is 270 g/mol. The Morgan fingerprint density at radius 2 is 2.32 bits per heavy atom. The van der Waals surface area contributed by atoms with Gasteiger partial charge in [0.25, 0.3) is 5.91 Å². The Hall–Kier alpha value is -1.69. The quantitative estimate of drug-likeness (QED) is 0.845. The molecule has 104 valence electrons. The van der Waals surface area contributed by atoms with Crippen molar-refractivity contribution in [3.63, 3.8) is 0 Å². The number of nitrogens with one attached hydrogen (secondary N) is 2. The number of carbonyl (C=O) groups is 1. The third-order valence-corrected chi connectivity index (χ3v) is 2.96. The van der Waals surface area contributed by atoms with Gasteiger partial charge in [0.2, 0.25) is 0 Å². The van der Waals surface area contributed by atoms with Crippen molar-refractivity contribution in [1.82, 2.24) is 10.6 Å². The Morgan fingerprint density at radius 3 is 3.00 bits per heavy atom. The second-order valence-corrected chi connectivity index (χ2v) is 4.46. The zero-order valence-electron chi connectivity index (χ0n) is 10.4. The standard InChI is InChI=1S/C13H16F2N2O2/c14-9-3-4-12(11(15)6-9)19-8-13(18)17-7-10-2-1-5-16-10/h3-4,6,10,16H,1-2,5,7-8H2,(H,17,18). The lowest BCUT2D eigenvalue weighted by molar-refractivity contribution is -0.123. The van der Waals surface area contributed by atoms with Crippen LogP contribution < -0.4 is 15.4 Å². The Balaban J connectivity index is 1.73. The van der Waals surface area contributed by atoms with Crippen molar-refractivity contribution < 1.29 is 18.3 Å². The highest BCUT2D eigenvalue weighted by molar-refractivity contribution is 5.77. The predicted molar refractivity (Wildman–Crippen MR) is 65.9 cm³/mol. The van der Waals surface area contributed by atoms with E-state index in [1.54, 1.807) is 0 Å². The van der Waals surface area contributed by atoms with E-state index < -0.39 is 11.6 Å². The molecule has 1 aliphatic heterocycles. The number of halogens is 2. The summed E-state index contributed by atoms with van der Waals surface area (Å²) >= 11 is 0. The topological polar surface area (TPSA) is 50.4 Å². The molecule has 1 atom stereocenters. The highest BCUT2D eigenvalue weighted by Gasteiger charge is 2.15. The van der Waals surface area contributed by atoms with E-state index in [4.69, 9.17) is 4.74 Å². The molecule has 1 aromatic carbocycles. The zero-order valence-corrected chi connectivity index (χ0v) is 10.4. The van der Waals surface area contributed by atoms with Gasteiger partial charge in [-0.15, -0.1) is 0 Å². The molecule has 2 N–H and O–H groups in total. The SMILES string of the molecule is O=C(COc1ccc(F)cc1F)NCC1CCCN1. The fraction of sp³-hybridized carbons (Fsp3) is 0.462. The Kier molecular flexibility index (Phi) is 4.68. The molecule has 0 aromatic heterocycles. The highest BCUT2D eigenvalue weighted by atomic mass is 19.1. The van der Waals surface area contributed by atoms with Crippen LogP contribution in [0.1, 0.15) is 12.8 Å². The predicted octanol–water partition coefficient (Wildman–Crippen LogP) is 1.21. The molecule has 0 saturated carbocycles. The fourth-order valence-corrected chi connectivity index (χ4v) is 1.95. The molecule has 0 bridgehead atoms. The van der Waals surface area contributed by atoms with Crippen LogP contribution in [0.25, 0.3) is 0 Å². The lowest BCUT2D eigenvalue weighted by Gasteiger charge is -2.12. The molecule has 4 nitrogen and oxygen atoms in total. The van der Waals surface area contributed by atoms with E-state index in [9.17, 15) is 13.6 Å². The number of rotatable bonds is 5. The van der Waals surface area contributed by atoms with Gasteiger partial charge >= 0.3 is 0 Å². The van der Waals surface area contributed by atoms with Crippen molar-refractivity contribution in [3.8, 4) is 5.75 Å². The fourth-order valence-electron chi connectivity index (χ4n) is 1.95. The zero-order chi connectivity index (χ0) is 13.7. The van der Waals surface area contributed by atoms with Gasteiger partial charge < -0.3 is 15.4 Å². The van der Waals surface area contributed by atoms with Crippen molar-refractivity contribution in [1.29, 1.82) is 0 Å². The van der Waals surface area contributed by atoms with Gasteiger partial charge in [-0.2, -0.15) is 0 Å². The van der Waals surface area contributed by atoms with Crippen LogP contribution in [0, 0.1) is 11.6 Å². The monoisotopic (exact) mass is 270 g/mol. The second kappa shape index (κ2) is 6.47. The van der Waals surface area contributed by atoms with Crippen molar-refractivity contribution >= 4 is 5.91 Å². The van der Waals surface area contributed by atoms with E-state index in [1.165, 1.54) is 0 Å². The van der Waals surface area contributed by atoms with Gasteiger partial charge in [0, 0.05) is 18.7 Å².